The Labute approximate surface area is 179 Å². The summed E-state index contributed by atoms with van der Waals surface area (Å²) in [6.45, 7) is 0. The number of carbonyl (C=O) groups excluding carboxylic acids is 1. The van der Waals surface area contributed by atoms with E-state index in [1.807, 2.05) is 78.9 Å². The third-order valence-corrected chi connectivity index (χ3v) is 5.63. The number of aryl methyl sites for hydroxylation is 2. The summed E-state index contributed by atoms with van der Waals surface area (Å²) < 4.78 is 5.18. The maximum absolute atomic E-state index is 12.5. The van der Waals surface area contributed by atoms with Crippen molar-refractivity contribution in [3.8, 4) is 16.9 Å². The molecule has 1 aromatic heterocycles. The van der Waals surface area contributed by atoms with Crippen LogP contribution in [0.4, 0.5) is 5.13 Å². The third kappa shape index (κ3) is 4.90. The summed E-state index contributed by atoms with van der Waals surface area (Å²) >= 11 is 1.40. The molecule has 30 heavy (non-hydrogen) atoms. The van der Waals surface area contributed by atoms with Gasteiger partial charge < -0.3 is 4.74 Å². The standard InChI is InChI=1S/C24H21N3O2S/c1-29-21-14-7-17(8-15-21)9-16-22-26-27-24(30-22)25-23(28)20-12-10-19(11-13-20)18-5-3-2-4-6-18/h2-8,10-15H,9,16H2,1H3,(H,25,27,28). The van der Waals surface area contributed by atoms with Crippen molar-refractivity contribution in [3.63, 3.8) is 0 Å². The molecule has 0 bridgehead atoms. The van der Waals surface area contributed by atoms with Crippen molar-refractivity contribution in [1.82, 2.24) is 10.2 Å². The average molecular weight is 416 g/mol. The number of nitrogens with zero attached hydrogens (tertiary/aromatic N) is 2. The lowest BCUT2D eigenvalue weighted by molar-refractivity contribution is 0.102. The van der Waals surface area contributed by atoms with Gasteiger partial charge in [-0.25, -0.2) is 0 Å². The third-order valence-electron chi connectivity index (χ3n) is 4.73. The first-order valence-electron chi connectivity index (χ1n) is 9.63. The van der Waals surface area contributed by atoms with E-state index >= 15 is 0 Å². The molecular weight excluding hydrogens is 394 g/mol. The number of amides is 1. The van der Waals surface area contributed by atoms with Crippen molar-refractivity contribution in [3.05, 3.63) is 95.0 Å². The maximum atomic E-state index is 12.5. The Morgan fingerprint density at radius 3 is 2.27 bits per heavy atom. The Hall–Kier alpha value is -3.51. The molecule has 0 saturated carbocycles. The molecule has 1 N–H and O–H groups in total. The Morgan fingerprint density at radius 1 is 0.867 bits per heavy atom. The van der Waals surface area contributed by atoms with Crippen LogP contribution in [0.5, 0.6) is 5.75 Å². The maximum Gasteiger partial charge on any atom is 0.257 e. The Kier molecular flexibility index (Phi) is 6.15. The quantitative estimate of drug-likeness (QED) is 0.448. The van der Waals surface area contributed by atoms with Crippen LogP contribution in [-0.2, 0) is 12.8 Å². The molecule has 150 valence electrons. The fraction of sp³-hybridized carbons (Fsp3) is 0.125. The molecule has 6 heteroatoms. The Bertz CT molecular complexity index is 1110. The van der Waals surface area contributed by atoms with E-state index < -0.39 is 0 Å². The monoisotopic (exact) mass is 415 g/mol. The van der Waals surface area contributed by atoms with Gasteiger partial charge in [-0.1, -0.05) is 65.9 Å². The zero-order valence-electron chi connectivity index (χ0n) is 16.5. The fourth-order valence-corrected chi connectivity index (χ4v) is 3.80. The largest absolute Gasteiger partial charge is 0.497 e. The molecular formula is C24H21N3O2S. The minimum Gasteiger partial charge on any atom is -0.497 e. The lowest BCUT2D eigenvalue weighted by Gasteiger charge is -2.04. The number of benzene rings is 3. The van der Waals surface area contributed by atoms with Crippen LogP contribution < -0.4 is 10.1 Å². The van der Waals surface area contributed by atoms with Crippen LogP contribution >= 0.6 is 11.3 Å². The minimum absolute atomic E-state index is 0.188. The number of aromatic nitrogens is 2. The van der Waals surface area contributed by atoms with Crippen LogP contribution in [0.2, 0.25) is 0 Å². The second kappa shape index (κ2) is 9.33. The lowest BCUT2D eigenvalue weighted by Crippen LogP contribution is -2.11. The van der Waals surface area contributed by atoms with Gasteiger partial charge in [-0.3, -0.25) is 10.1 Å². The summed E-state index contributed by atoms with van der Waals surface area (Å²) in [4.78, 5) is 12.5. The van der Waals surface area contributed by atoms with Crippen LogP contribution in [0, 0.1) is 0 Å². The average Bonchev–Trinajstić information content (AvgIpc) is 3.26. The zero-order valence-corrected chi connectivity index (χ0v) is 17.4. The van der Waals surface area contributed by atoms with Crippen LogP contribution in [-0.4, -0.2) is 23.2 Å². The molecule has 0 aliphatic heterocycles. The number of methoxy groups -OCH3 is 1. The van der Waals surface area contributed by atoms with Crippen molar-refractivity contribution in [2.24, 2.45) is 0 Å². The van der Waals surface area contributed by atoms with Gasteiger partial charge >= 0.3 is 0 Å². The molecule has 0 atom stereocenters. The SMILES string of the molecule is COc1ccc(CCc2nnc(NC(=O)c3ccc(-c4ccccc4)cc3)s2)cc1. The first kappa shape index (κ1) is 19.8. The first-order valence-corrected chi connectivity index (χ1v) is 10.4. The van der Waals surface area contributed by atoms with Crippen LogP contribution in [0.15, 0.2) is 78.9 Å². The van der Waals surface area contributed by atoms with E-state index in [4.69, 9.17) is 4.74 Å². The van der Waals surface area contributed by atoms with Crippen molar-refractivity contribution >= 4 is 22.4 Å². The van der Waals surface area contributed by atoms with E-state index in [-0.39, 0.29) is 5.91 Å². The molecule has 4 rings (SSSR count). The van der Waals surface area contributed by atoms with E-state index in [1.54, 1.807) is 7.11 Å². The van der Waals surface area contributed by atoms with Gasteiger partial charge in [0.05, 0.1) is 7.11 Å². The molecule has 0 fully saturated rings. The number of nitrogens with one attached hydrogen (secondary N) is 1. The summed E-state index contributed by atoms with van der Waals surface area (Å²) in [6, 6.07) is 25.6. The molecule has 0 unspecified atom stereocenters. The van der Waals surface area contributed by atoms with Crippen molar-refractivity contribution in [1.29, 1.82) is 0 Å². The van der Waals surface area contributed by atoms with Crippen LogP contribution in [0.3, 0.4) is 0 Å². The second-order valence-corrected chi connectivity index (χ2v) is 7.81. The van der Waals surface area contributed by atoms with E-state index in [2.05, 4.69) is 15.5 Å². The highest BCUT2D eigenvalue weighted by molar-refractivity contribution is 7.15. The Balaban J connectivity index is 1.34. The van der Waals surface area contributed by atoms with Gasteiger partial charge in [-0.2, -0.15) is 0 Å². The number of anilines is 1. The molecule has 0 radical (unpaired) electrons. The molecule has 1 heterocycles. The van der Waals surface area contributed by atoms with Gasteiger partial charge in [0.15, 0.2) is 0 Å². The summed E-state index contributed by atoms with van der Waals surface area (Å²) in [6.07, 6.45) is 1.62. The normalized spacial score (nSPS) is 10.6. The van der Waals surface area contributed by atoms with E-state index in [1.165, 1.54) is 16.9 Å². The molecule has 0 aliphatic carbocycles. The summed E-state index contributed by atoms with van der Waals surface area (Å²) in [7, 11) is 1.66. The highest BCUT2D eigenvalue weighted by Gasteiger charge is 2.11. The number of rotatable bonds is 7. The number of ether oxygens (including phenoxy) is 1. The predicted octanol–water partition coefficient (Wildman–Crippen LogP) is 5.25. The molecule has 4 aromatic rings. The molecule has 3 aromatic carbocycles. The van der Waals surface area contributed by atoms with Crippen molar-refractivity contribution in [2.75, 3.05) is 12.4 Å². The topological polar surface area (TPSA) is 64.1 Å². The van der Waals surface area contributed by atoms with Crippen molar-refractivity contribution < 1.29 is 9.53 Å². The number of hydrogen-bond acceptors (Lipinski definition) is 5. The number of carbonyl (C=O) groups is 1. The van der Waals surface area contributed by atoms with Gasteiger partial charge in [0.2, 0.25) is 5.13 Å². The predicted molar refractivity (Wildman–Crippen MR) is 120 cm³/mol. The minimum atomic E-state index is -0.188. The first-order chi connectivity index (χ1) is 14.7. The summed E-state index contributed by atoms with van der Waals surface area (Å²) in [5.41, 5.74) is 3.98. The van der Waals surface area contributed by atoms with Gasteiger partial charge in [-0.15, -0.1) is 10.2 Å². The Morgan fingerprint density at radius 2 is 1.57 bits per heavy atom. The van der Waals surface area contributed by atoms with Crippen molar-refractivity contribution in [2.45, 2.75) is 12.8 Å². The van der Waals surface area contributed by atoms with Gasteiger partial charge in [0.1, 0.15) is 10.8 Å². The van der Waals surface area contributed by atoms with Gasteiger partial charge in [-0.05, 0) is 47.4 Å². The molecule has 5 nitrogen and oxygen atoms in total. The van der Waals surface area contributed by atoms with E-state index in [0.29, 0.717) is 10.7 Å². The van der Waals surface area contributed by atoms with E-state index in [9.17, 15) is 4.79 Å². The van der Waals surface area contributed by atoms with E-state index in [0.717, 1.165) is 34.7 Å². The second-order valence-electron chi connectivity index (χ2n) is 6.75. The van der Waals surface area contributed by atoms with Gasteiger partial charge in [0, 0.05) is 12.0 Å². The van der Waals surface area contributed by atoms with Crippen LogP contribution in [0.1, 0.15) is 20.9 Å². The molecule has 0 saturated heterocycles. The highest BCUT2D eigenvalue weighted by Crippen LogP contribution is 2.21. The number of hydrogen-bond donors (Lipinski definition) is 1. The zero-order chi connectivity index (χ0) is 20.8. The molecule has 1 amide bonds. The lowest BCUT2D eigenvalue weighted by atomic mass is 10.0. The molecule has 0 spiro atoms. The smallest absolute Gasteiger partial charge is 0.257 e. The highest BCUT2D eigenvalue weighted by atomic mass is 32.1. The van der Waals surface area contributed by atoms with Crippen LogP contribution in [0.25, 0.3) is 11.1 Å². The summed E-state index contributed by atoms with van der Waals surface area (Å²) in [5.74, 6) is 0.656. The fourth-order valence-electron chi connectivity index (χ4n) is 3.06. The van der Waals surface area contributed by atoms with Gasteiger partial charge in [0.25, 0.3) is 5.91 Å². The summed E-state index contributed by atoms with van der Waals surface area (Å²) in [5, 5.41) is 12.5. The molecule has 0 aliphatic rings.